The number of hydrogen-bond donors (Lipinski definition) is 0. The van der Waals surface area contributed by atoms with E-state index < -0.39 is 42.7 Å². The van der Waals surface area contributed by atoms with Gasteiger partial charge in [-0.1, -0.05) is 0 Å². The van der Waals surface area contributed by atoms with Crippen LogP contribution in [-0.4, -0.2) is 3.21 Å². The van der Waals surface area contributed by atoms with E-state index in [-0.39, 0.29) is 11.5 Å². The van der Waals surface area contributed by atoms with E-state index in [0.717, 1.165) is 56.3 Å². The number of allylic oxidation sites excluding steroid dienone is 4. The van der Waals surface area contributed by atoms with Crippen LogP contribution in [0.2, 0.25) is 0 Å². The second-order valence-electron chi connectivity index (χ2n) is 11.3. The Bertz CT molecular complexity index is 1810. The van der Waals surface area contributed by atoms with E-state index in [1.807, 2.05) is 68.5 Å². The molecule has 0 atom stereocenters. The zero-order valence-electron chi connectivity index (χ0n) is 23.9. The normalized spacial score (nSPS) is 14.6. The van der Waals surface area contributed by atoms with Gasteiger partial charge in [0.05, 0.1) is 0 Å². The predicted molar refractivity (Wildman–Crippen MR) is 157 cm³/mol. The van der Waals surface area contributed by atoms with Crippen molar-refractivity contribution < 1.29 is 51.1 Å². The summed E-state index contributed by atoms with van der Waals surface area (Å²) in [7, 11) is 0. The summed E-state index contributed by atoms with van der Waals surface area (Å²) >= 11 is -5.90. The van der Waals surface area contributed by atoms with Crippen molar-refractivity contribution in [3.8, 4) is 22.6 Å². The average Bonchev–Trinajstić information content (AvgIpc) is 3.66. The van der Waals surface area contributed by atoms with Crippen molar-refractivity contribution in [3.63, 3.8) is 0 Å². The van der Waals surface area contributed by atoms with E-state index in [1.54, 1.807) is 0 Å². The van der Waals surface area contributed by atoms with E-state index in [1.165, 1.54) is 24.3 Å². The monoisotopic (exact) mass is 684 g/mol. The zero-order chi connectivity index (χ0) is 31.4. The third-order valence-electron chi connectivity index (χ3n) is 8.59. The van der Waals surface area contributed by atoms with Crippen molar-refractivity contribution in [1.29, 1.82) is 0 Å². The molecule has 0 amide bonds. The summed E-state index contributed by atoms with van der Waals surface area (Å²) in [5.41, 5.74) is 2.51. The summed E-state index contributed by atoms with van der Waals surface area (Å²) in [6.07, 6.45) is -2.28. The van der Waals surface area contributed by atoms with Gasteiger partial charge in [-0.25, -0.2) is 0 Å². The first kappa shape index (κ1) is 30.3. The Morgan fingerprint density at radius 3 is 1.70 bits per heavy atom. The standard InChI is InChI=1S/C13H9.2C7H5F3O.C5H5.C3H6.Zr/c1-3-7-12-10(5-1)9-11-6-2-4-8-13(11)12;2*8-7(9,10)5-1-3-6(11)4-2-5;1-2-4-5-3-1;1-3-2;/h1-5,7-8H,9H2;2*1-4,11H;1-3H,4H2;1-2H3;/q;;;;;+2/p-2. The van der Waals surface area contributed by atoms with Crippen LogP contribution in [0.15, 0.2) is 113 Å². The minimum absolute atomic E-state index is 0.178. The van der Waals surface area contributed by atoms with Gasteiger partial charge in [-0.2, -0.15) is 0 Å². The molecule has 0 saturated heterocycles. The molecule has 0 spiro atoms. The first-order valence-corrected chi connectivity index (χ1v) is 19.8. The van der Waals surface area contributed by atoms with E-state index in [9.17, 15) is 26.3 Å². The SMILES string of the molecule is C[C](C)=[Zr]([O]c1ccc(C(F)(F)F)cc1)([O]c1ccc(C(F)(F)F)cc1)([C]1=CC=CC1)[c]1cccc2c1Cc1ccccc1-2. The van der Waals surface area contributed by atoms with Gasteiger partial charge in [0.2, 0.25) is 0 Å². The van der Waals surface area contributed by atoms with Gasteiger partial charge in [-0.05, 0) is 0 Å². The molecule has 0 aromatic heterocycles. The summed E-state index contributed by atoms with van der Waals surface area (Å²) in [4.78, 5) is 0. The molecule has 0 fully saturated rings. The molecule has 0 bridgehead atoms. The molecular formula is C35H28F6O2Zr. The number of hydrogen-bond acceptors (Lipinski definition) is 2. The molecule has 4 aromatic carbocycles. The topological polar surface area (TPSA) is 18.5 Å². The van der Waals surface area contributed by atoms with Gasteiger partial charge >= 0.3 is 254 Å². The molecule has 226 valence electrons. The van der Waals surface area contributed by atoms with Gasteiger partial charge in [0.25, 0.3) is 0 Å². The van der Waals surface area contributed by atoms with Gasteiger partial charge in [0.15, 0.2) is 0 Å². The Kier molecular flexibility index (Phi) is 7.39. The predicted octanol–water partition coefficient (Wildman–Crippen LogP) is 9.65. The van der Waals surface area contributed by atoms with Gasteiger partial charge in [0.1, 0.15) is 0 Å². The summed E-state index contributed by atoms with van der Waals surface area (Å²) in [6, 6.07) is 22.9. The first-order chi connectivity index (χ1) is 20.8. The summed E-state index contributed by atoms with van der Waals surface area (Å²) in [5, 5.41) is 0. The number of halogens is 6. The molecule has 44 heavy (non-hydrogen) atoms. The van der Waals surface area contributed by atoms with Crippen LogP contribution in [0.5, 0.6) is 11.5 Å². The average molecular weight is 686 g/mol. The molecule has 0 saturated carbocycles. The van der Waals surface area contributed by atoms with Crippen LogP contribution in [-0.2, 0) is 38.0 Å². The quantitative estimate of drug-likeness (QED) is 0.166. The van der Waals surface area contributed by atoms with E-state index in [2.05, 4.69) is 6.07 Å². The summed E-state index contributed by atoms with van der Waals surface area (Å²) < 4.78 is 97.8. The molecule has 0 heterocycles. The third kappa shape index (κ3) is 4.90. The molecule has 2 aliphatic rings. The van der Waals surface area contributed by atoms with Crippen LogP contribution in [0.25, 0.3) is 11.1 Å². The Hall–Kier alpha value is -3.71. The molecule has 0 aliphatic heterocycles. The second kappa shape index (κ2) is 10.7. The van der Waals surface area contributed by atoms with Crippen LogP contribution in [0.3, 0.4) is 0 Å². The van der Waals surface area contributed by atoms with Gasteiger partial charge in [-0.3, -0.25) is 0 Å². The molecule has 0 radical (unpaired) electrons. The molecule has 4 aromatic rings. The van der Waals surface area contributed by atoms with Crippen LogP contribution >= 0.6 is 0 Å². The summed E-state index contributed by atoms with van der Waals surface area (Å²) in [6.45, 7) is 3.78. The van der Waals surface area contributed by atoms with Crippen molar-refractivity contribution in [1.82, 2.24) is 0 Å². The maximum atomic E-state index is 13.5. The zero-order valence-corrected chi connectivity index (χ0v) is 26.3. The van der Waals surface area contributed by atoms with Gasteiger partial charge in [0, 0.05) is 0 Å². The molecular weight excluding hydrogens is 658 g/mol. The maximum absolute atomic E-state index is 13.5. The third-order valence-corrected chi connectivity index (χ3v) is 23.5. The van der Waals surface area contributed by atoms with Crippen molar-refractivity contribution in [2.24, 2.45) is 0 Å². The van der Waals surface area contributed by atoms with Crippen molar-refractivity contribution in [2.45, 2.75) is 39.0 Å². The van der Waals surface area contributed by atoms with Crippen molar-refractivity contribution in [2.75, 3.05) is 0 Å². The molecule has 0 unspecified atom stereocenters. The van der Waals surface area contributed by atoms with E-state index in [4.69, 9.17) is 5.63 Å². The van der Waals surface area contributed by atoms with Crippen LogP contribution in [0.4, 0.5) is 26.3 Å². The molecule has 0 N–H and O–H groups in total. The second-order valence-corrected chi connectivity index (χ2v) is 22.9. The number of benzene rings is 4. The van der Waals surface area contributed by atoms with Crippen LogP contribution in [0.1, 0.15) is 42.5 Å². The van der Waals surface area contributed by atoms with Crippen molar-refractivity contribution >= 4 is 6.48 Å². The summed E-state index contributed by atoms with van der Waals surface area (Å²) in [5.74, 6) is 0.357. The molecule has 6 rings (SSSR count). The fraction of sp³-hybridized carbons (Fsp3) is 0.171. The Balaban J connectivity index is 1.66. The van der Waals surface area contributed by atoms with Crippen LogP contribution in [0, 0.1) is 0 Å². The van der Waals surface area contributed by atoms with Crippen LogP contribution < -0.4 is 8.90 Å². The fourth-order valence-corrected chi connectivity index (χ4v) is 20.5. The number of alkyl halides is 6. The van der Waals surface area contributed by atoms with E-state index in [0.29, 0.717) is 12.8 Å². The van der Waals surface area contributed by atoms with E-state index >= 15 is 0 Å². The van der Waals surface area contributed by atoms with Gasteiger partial charge < -0.3 is 0 Å². The van der Waals surface area contributed by atoms with Gasteiger partial charge in [-0.15, -0.1) is 0 Å². The molecule has 2 nitrogen and oxygen atoms in total. The first-order valence-electron chi connectivity index (χ1n) is 14.1. The Morgan fingerprint density at radius 2 is 1.20 bits per heavy atom. The minimum atomic E-state index is -5.90. The molecule has 2 aliphatic carbocycles. The van der Waals surface area contributed by atoms with Crippen molar-refractivity contribution in [3.05, 3.63) is 135 Å². The number of fused-ring (bicyclic) bond motifs is 3. The molecule has 9 heteroatoms. The number of rotatable bonds is 6. The fourth-order valence-electron chi connectivity index (χ4n) is 6.47. The Labute approximate surface area is 253 Å². The Morgan fingerprint density at radius 1 is 0.659 bits per heavy atom.